The van der Waals surface area contributed by atoms with Crippen molar-refractivity contribution >= 4 is 29.7 Å². The Balaban J connectivity index is 1.84. The van der Waals surface area contributed by atoms with Crippen LogP contribution in [0, 0.1) is 10.1 Å². The van der Waals surface area contributed by atoms with Gasteiger partial charge in [0, 0.05) is 30.5 Å². The molecule has 2 aromatic rings. The number of methoxy groups -OCH3 is 1. The molecular formula is C27H26N2O8. The van der Waals surface area contributed by atoms with Crippen LogP contribution in [0.2, 0.25) is 0 Å². The van der Waals surface area contributed by atoms with Crippen molar-refractivity contribution in [3.8, 4) is 5.75 Å². The Bertz CT molecular complexity index is 1320. The SMILES string of the molecule is COC(=O)C1=C(C)NC(C)=C(C(=O)OCC=Cc2ccc(OC(C)=O)cc2)C1c1cccc([N+](=O)[O-])c1. The van der Waals surface area contributed by atoms with Gasteiger partial charge in [-0.25, -0.2) is 9.59 Å². The van der Waals surface area contributed by atoms with Crippen LogP contribution >= 0.6 is 0 Å². The van der Waals surface area contributed by atoms with E-state index in [0.717, 1.165) is 5.56 Å². The summed E-state index contributed by atoms with van der Waals surface area (Å²) in [4.78, 5) is 47.8. The van der Waals surface area contributed by atoms with Crippen molar-refractivity contribution in [1.82, 2.24) is 5.32 Å². The zero-order chi connectivity index (χ0) is 27.1. The minimum Gasteiger partial charge on any atom is -0.466 e. The Hall–Kier alpha value is -4.73. The molecule has 1 heterocycles. The number of benzene rings is 2. The van der Waals surface area contributed by atoms with E-state index >= 15 is 0 Å². The van der Waals surface area contributed by atoms with Crippen LogP contribution in [0.3, 0.4) is 0 Å². The van der Waals surface area contributed by atoms with Crippen molar-refractivity contribution in [2.75, 3.05) is 13.7 Å². The minimum atomic E-state index is -0.932. The lowest BCUT2D eigenvalue weighted by Gasteiger charge is -2.30. The predicted octanol–water partition coefficient (Wildman–Crippen LogP) is 4.18. The summed E-state index contributed by atoms with van der Waals surface area (Å²) in [6, 6.07) is 12.5. The maximum Gasteiger partial charge on any atom is 0.337 e. The Morgan fingerprint density at radius 3 is 2.27 bits per heavy atom. The highest BCUT2D eigenvalue weighted by Gasteiger charge is 2.38. The van der Waals surface area contributed by atoms with E-state index in [-0.39, 0.29) is 23.4 Å². The van der Waals surface area contributed by atoms with Crippen LogP contribution in [0.15, 0.2) is 77.1 Å². The van der Waals surface area contributed by atoms with E-state index in [9.17, 15) is 24.5 Å². The fourth-order valence-electron chi connectivity index (χ4n) is 4.00. The number of esters is 3. The highest BCUT2D eigenvalue weighted by atomic mass is 16.6. The zero-order valence-corrected chi connectivity index (χ0v) is 20.8. The number of carbonyl (C=O) groups excluding carboxylic acids is 3. The van der Waals surface area contributed by atoms with Gasteiger partial charge in [0.15, 0.2) is 0 Å². The first-order valence-corrected chi connectivity index (χ1v) is 11.3. The summed E-state index contributed by atoms with van der Waals surface area (Å²) in [5.74, 6) is -2.29. The van der Waals surface area contributed by atoms with Gasteiger partial charge in [0.05, 0.1) is 29.1 Å². The van der Waals surface area contributed by atoms with E-state index in [0.29, 0.717) is 22.7 Å². The number of ether oxygens (including phenoxy) is 3. The first-order chi connectivity index (χ1) is 17.6. The standard InChI is InChI=1S/C27H26N2O8/c1-16-23(26(31)35-4)25(20-8-5-9-21(15-20)29(33)34)24(17(2)28-16)27(32)36-14-6-7-19-10-12-22(13-11-19)37-18(3)30/h5-13,15,25,28H,14H2,1-4H3. The molecule has 1 unspecified atom stereocenters. The monoisotopic (exact) mass is 506 g/mol. The molecule has 1 aliphatic heterocycles. The lowest BCUT2D eigenvalue weighted by molar-refractivity contribution is -0.384. The topological polar surface area (TPSA) is 134 Å². The maximum absolute atomic E-state index is 13.2. The molecule has 1 atom stereocenters. The van der Waals surface area contributed by atoms with Crippen molar-refractivity contribution in [1.29, 1.82) is 0 Å². The number of nitro benzene ring substituents is 1. The van der Waals surface area contributed by atoms with E-state index in [2.05, 4.69) is 5.32 Å². The van der Waals surface area contributed by atoms with Crippen molar-refractivity contribution in [2.45, 2.75) is 26.7 Å². The summed E-state index contributed by atoms with van der Waals surface area (Å²) in [5.41, 5.74) is 2.22. The Morgan fingerprint density at radius 1 is 1.03 bits per heavy atom. The maximum atomic E-state index is 13.2. The number of non-ortho nitro benzene ring substituents is 1. The fourth-order valence-corrected chi connectivity index (χ4v) is 4.00. The van der Waals surface area contributed by atoms with Crippen LogP contribution in [-0.4, -0.2) is 36.5 Å². The van der Waals surface area contributed by atoms with Crippen molar-refractivity contribution < 1.29 is 33.5 Å². The summed E-state index contributed by atoms with van der Waals surface area (Å²) >= 11 is 0. The molecule has 37 heavy (non-hydrogen) atoms. The average molecular weight is 507 g/mol. The molecule has 0 saturated carbocycles. The molecule has 0 fully saturated rings. The van der Waals surface area contributed by atoms with E-state index in [4.69, 9.17) is 14.2 Å². The normalized spacial score (nSPS) is 15.3. The second kappa shape index (κ2) is 11.8. The molecule has 1 aliphatic rings. The Morgan fingerprint density at radius 2 is 1.68 bits per heavy atom. The third-order valence-corrected chi connectivity index (χ3v) is 5.56. The van der Waals surface area contributed by atoms with Gasteiger partial charge >= 0.3 is 17.9 Å². The van der Waals surface area contributed by atoms with Crippen molar-refractivity contribution in [3.05, 3.63) is 98.4 Å². The quantitative estimate of drug-likeness (QED) is 0.242. The summed E-state index contributed by atoms with van der Waals surface area (Å²) in [7, 11) is 1.22. The van der Waals surface area contributed by atoms with Crippen LogP contribution in [0.4, 0.5) is 5.69 Å². The minimum absolute atomic E-state index is 0.0702. The number of hydrogen-bond donors (Lipinski definition) is 1. The van der Waals surface area contributed by atoms with Gasteiger partial charge in [-0.2, -0.15) is 0 Å². The van der Waals surface area contributed by atoms with E-state index < -0.39 is 28.7 Å². The zero-order valence-electron chi connectivity index (χ0n) is 20.8. The van der Waals surface area contributed by atoms with Crippen molar-refractivity contribution in [2.24, 2.45) is 0 Å². The lowest BCUT2D eigenvalue weighted by Crippen LogP contribution is -2.32. The molecule has 192 valence electrons. The van der Waals surface area contributed by atoms with Gasteiger partial charge in [-0.05, 0) is 43.2 Å². The highest BCUT2D eigenvalue weighted by Crippen LogP contribution is 2.40. The third kappa shape index (κ3) is 6.49. The molecule has 0 bridgehead atoms. The number of rotatable bonds is 8. The number of nitrogens with one attached hydrogen (secondary N) is 1. The second-order valence-electron chi connectivity index (χ2n) is 8.14. The van der Waals surface area contributed by atoms with Crippen LogP contribution in [0.1, 0.15) is 37.8 Å². The van der Waals surface area contributed by atoms with Gasteiger partial charge in [0.25, 0.3) is 5.69 Å². The largest absolute Gasteiger partial charge is 0.466 e. The summed E-state index contributed by atoms with van der Waals surface area (Å²) < 4.78 is 15.4. The number of nitrogens with zero attached hydrogens (tertiary/aromatic N) is 1. The summed E-state index contributed by atoms with van der Waals surface area (Å²) in [5, 5.41) is 14.4. The fraction of sp³-hybridized carbons (Fsp3) is 0.222. The second-order valence-corrected chi connectivity index (χ2v) is 8.14. The van der Waals surface area contributed by atoms with Gasteiger partial charge in [-0.3, -0.25) is 14.9 Å². The lowest BCUT2D eigenvalue weighted by atomic mass is 9.80. The summed E-state index contributed by atoms with van der Waals surface area (Å²) in [6.07, 6.45) is 3.36. The van der Waals surface area contributed by atoms with Gasteiger partial charge < -0.3 is 19.5 Å². The molecule has 0 saturated heterocycles. The molecule has 0 amide bonds. The third-order valence-electron chi connectivity index (χ3n) is 5.56. The van der Waals surface area contributed by atoms with Crippen molar-refractivity contribution in [3.63, 3.8) is 0 Å². The molecule has 10 heteroatoms. The van der Waals surface area contributed by atoms with E-state index in [1.807, 2.05) is 0 Å². The number of carbonyl (C=O) groups is 3. The smallest absolute Gasteiger partial charge is 0.337 e. The van der Waals surface area contributed by atoms with E-state index in [1.54, 1.807) is 56.3 Å². The number of dihydropyridines is 1. The average Bonchev–Trinajstić information content (AvgIpc) is 2.86. The molecule has 3 rings (SSSR count). The van der Waals surface area contributed by atoms with Crippen LogP contribution in [-0.2, 0) is 23.9 Å². The first kappa shape index (κ1) is 26.9. The molecular weight excluding hydrogens is 480 g/mol. The van der Waals surface area contributed by atoms with Crippen LogP contribution in [0.5, 0.6) is 5.75 Å². The van der Waals surface area contributed by atoms with E-state index in [1.165, 1.54) is 32.2 Å². The molecule has 10 nitrogen and oxygen atoms in total. The molecule has 0 spiro atoms. The highest BCUT2D eigenvalue weighted by molar-refractivity contribution is 6.00. The first-order valence-electron chi connectivity index (χ1n) is 11.3. The Labute approximate surface area is 213 Å². The number of hydrogen-bond acceptors (Lipinski definition) is 9. The molecule has 0 aliphatic carbocycles. The van der Waals surface area contributed by atoms with Crippen LogP contribution < -0.4 is 10.1 Å². The number of allylic oxidation sites excluding steroid dienone is 2. The predicted molar refractivity (Wildman–Crippen MR) is 134 cm³/mol. The molecule has 1 N–H and O–H groups in total. The van der Waals surface area contributed by atoms with Gasteiger partial charge in [-0.1, -0.05) is 30.3 Å². The van der Waals surface area contributed by atoms with Gasteiger partial charge in [-0.15, -0.1) is 0 Å². The molecule has 2 aromatic carbocycles. The molecule has 0 aromatic heterocycles. The van der Waals surface area contributed by atoms with Gasteiger partial charge in [0.2, 0.25) is 0 Å². The summed E-state index contributed by atoms with van der Waals surface area (Å²) in [6.45, 7) is 4.58. The van der Waals surface area contributed by atoms with Crippen LogP contribution in [0.25, 0.3) is 6.08 Å². The number of nitro groups is 1. The van der Waals surface area contributed by atoms with Gasteiger partial charge in [0.1, 0.15) is 12.4 Å². The Kier molecular flexibility index (Phi) is 8.57. The molecule has 0 radical (unpaired) electrons.